The van der Waals surface area contributed by atoms with Gasteiger partial charge < -0.3 is 20.1 Å². The SMILES string of the molecule is CC1(C)OCC[n+]2c1[nH]c1c(N3CCOCC3)nc(-c3cnc(N)nc3)nc12. The van der Waals surface area contributed by atoms with Gasteiger partial charge in [-0.1, -0.05) is 4.98 Å². The first-order chi connectivity index (χ1) is 13.5. The Morgan fingerprint density at radius 1 is 1.14 bits per heavy atom. The van der Waals surface area contributed by atoms with Gasteiger partial charge in [0.1, 0.15) is 5.60 Å². The minimum absolute atomic E-state index is 0.227. The van der Waals surface area contributed by atoms with Gasteiger partial charge in [0.25, 0.3) is 0 Å². The third-order valence-corrected chi connectivity index (χ3v) is 5.23. The molecule has 1 fully saturated rings. The lowest BCUT2D eigenvalue weighted by atomic mass is 10.1. The van der Waals surface area contributed by atoms with Gasteiger partial charge in [0.15, 0.2) is 5.82 Å². The summed E-state index contributed by atoms with van der Waals surface area (Å²) in [5, 5.41) is 0. The topological polar surface area (TPSA) is 119 Å². The largest absolute Gasteiger partial charge is 0.378 e. The highest BCUT2D eigenvalue weighted by molar-refractivity contribution is 5.83. The summed E-state index contributed by atoms with van der Waals surface area (Å²) in [5.74, 6) is 2.65. The second-order valence-corrected chi connectivity index (χ2v) is 7.48. The van der Waals surface area contributed by atoms with Crippen molar-refractivity contribution >= 4 is 22.9 Å². The molecule has 2 aliphatic rings. The maximum atomic E-state index is 5.97. The van der Waals surface area contributed by atoms with Crippen LogP contribution in [0, 0.1) is 0 Å². The number of imidazole rings is 1. The van der Waals surface area contributed by atoms with Gasteiger partial charge in [-0.3, -0.25) is 4.98 Å². The molecule has 0 amide bonds. The lowest BCUT2D eigenvalue weighted by Crippen LogP contribution is -2.50. The van der Waals surface area contributed by atoms with E-state index in [9.17, 15) is 0 Å². The third kappa shape index (κ3) is 2.76. The Morgan fingerprint density at radius 3 is 2.64 bits per heavy atom. The molecule has 146 valence electrons. The molecule has 3 aromatic heterocycles. The number of H-pyrrole nitrogens is 1. The van der Waals surface area contributed by atoms with Crippen molar-refractivity contribution in [1.29, 1.82) is 0 Å². The standard InChI is InChI=1S/C18H22N8O2/c1-18(2)16-22-12-14(25-3-6-27-7-4-25)23-13(11-9-20-17(19)21-10-11)24-15(12)26(16)5-8-28-18/h9-10H,3-8H2,1-2H3,(H2,19,20,21,23,24)/p+1. The number of hydrogen-bond donors (Lipinski definition) is 2. The van der Waals surface area contributed by atoms with E-state index in [-0.39, 0.29) is 5.95 Å². The number of nitrogens with zero attached hydrogens (tertiary/aromatic N) is 6. The summed E-state index contributed by atoms with van der Waals surface area (Å²) in [4.78, 5) is 23.7. The number of nitrogen functional groups attached to an aromatic ring is 1. The molecule has 0 radical (unpaired) electrons. The number of aromatic nitrogens is 6. The van der Waals surface area contributed by atoms with Crippen LogP contribution in [0.5, 0.6) is 0 Å². The molecule has 0 atom stereocenters. The fourth-order valence-electron chi connectivity index (χ4n) is 3.78. The van der Waals surface area contributed by atoms with Crippen LogP contribution >= 0.6 is 0 Å². The fourth-order valence-corrected chi connectivity index (χ4v) is 3.78. The van der Waals surface area contributed by atoms with Crippen molar-refractivity contribution in [2.24, 2.45) is 0 Å². The van der Waals surface area contributed by atoms with Crippen LogP contribution < -0.4 is 15.2 Å². The van der Waals surface area contributed by atoms with Gasteiger partial charge in [-0.15, -0.1) is 0 Å². The number of nitrogens with two attached hydrogens (primary N) is 1. The van der Waals surface area contributed by atoms with Crippen LogP contribution in [0.15, 0.2) is 12.4 Å². The number of aromatic amines is 1. The summed E-state index contributed by atoms with van der Waals surface area (Å²) in [7, 11) is 0. The van der Waals surface area contributed by atoms with Crippen molar-refractivity contribution in [1.82, 2.24) is 24.9 Å². The van der Waals surface area contributed by atoms with E-state index in [2.05, 4.69) is 38.3 Å². The summed E-state index contributed by atoms with van der Waals surface area (Å²) in [6.45, 7) is 8.39. The van der Waals surface area contributed by atoms with Crippen molar-refractivity contribution in [3.63, 3.8) is 0 Å². The zero-order valence-electron chi connectivity index (χ0n) is 16.0. The first-order valence-corrected chi connectivity index (χ1v) is 9.41. The van der Waals surface area contributed by atoms with Gasteiger partial charge in [-0.05, 0) is 13.8 Å². The molecule has 5 rings (SSSR count). The van der Waals surface area contributed by atoms with Gasteiger partial charge in [0.2, 0.25) is 23.1 Å². The van der Waals surface area contributed by atoms with Gasteiger partial charge in [-0.25, -0.2) is 14.5 Å². The van der Waals surface area contributed by atoms with Gasteiger partial charge in [0, 0.05) is 25.5 Å². The maximum absolute atomic E-state index is 5.97. The minimum Gasteiger partial charge on any atom is -0.378 e. The van der Waals surface area contributed by atoms with E-state index in [1.165, 1.54) is 0 Å². The monoisotopic (exact) mass is 383 g/mol. The van der Waals surface area contributed by atoms with Crippen molar-refractivity contribution in [2.45, 2.75) is 26.0 Å². The second-order valence-electron chi connectivity index (χ2n) is 7.48. The molecule has 0 unspecified atom stereocenters. The molecule has 0 spiro atoms. The molecule has 3 aromatic rings. The average Bonchev–Trinajstić information content (AvgIpc) is 3.09. The highest BCUT2D eigenvalue weighted by atomic mass is 16.5. The van der Waals surface area contributed by atoms with E-state index in [0.717, 1.165) is 48.0 Å². The Morgan fingerprint density at radius 2 is 1.89 bits per heavy atom. The van der Waals surface area contributed by atoms with Crippen molar-refractivity contribution in [3.8, 4) is 11.4 Å². The lowest BCUT2D eigenvalue weighted by Gasteiger charge is -2.27. The van der Waals surface area contributed by atoms with E-state index in [4.69, 9.17) is 25.2 Å². The van der Waals surface area contributed by atoms with E-state index in [0.29, 0.717) is 25.6 Å². The molecule has 0 aromatic carbocycles. The van der Waals surface area contributed by atoms with Gasteiger partial charge in [0.05, 0.1) is 31.9 Å². The normalized spacial score (nSPS) is 19.0. The number of rotatable bonds is 2. The van der Waals surface area contributed by atoms with Crippen LogP contribution in [0.25, 0.3) is 22.6 Å². The lowest BCUT2D eigenvalue weighted by molar-refractivity contribution is -0.702. The summed E-state index contributed by atoms with van der Waals surface area (Å²) < 4.78 is 13.7. The number of ether oxygens (including phenoxy) is 2. The molecule has 3 N–H and O–H groups in total. The van der Waals surface area contributed by atoms with Crippen LogP contribution in [-0.2, 0) is 21.6 Å². The van der Waals surface area contributed by atoms with Crippen molar-refractivity contribution in [3.05, 3.63) is 18.2 Å². The van der Waals surface area contributed by atoms with E-state index < -0.39 is 5.60 Å². The quantitative estimate of drug-likeness (QED) is 0.610. The van der Waals surface area contributed by atoms with Crippen molar-refractivity contribution in [2.75, 3.05) is 43.5 Å². The Balaban J connectivity index is 1.75. The summed E-state index contributed by atoms with van der Waals surface area (Å²) in [5.41, 5.74) is 7.71. The van der Waals surface area contributed by atoms with Crippen LogP contribution in [0.1, 0.15) is 19.7 Å². The zero-order valence-corrected chi connectivity index (χ0v) is 16.0. The first-order valence-electron chi connectivity index (χ1n) is 9.41. The molecular weight excluding hydrogens is 360 g/mol. The van der Waals surface area contributed by atoms with E-state index in [1.54, 1.807) is 12.4 Å². The Bertz CT molecular complexity index is 1020. The van der Waals surface area contributed by atoms with Crippen LogP contribution in [0.3, 0.4) is 0 Å². The predicted molar refractivity (Wildman–Crippen MR) is 102 cm³/mol. The first kappa shape index (κ1) is 17.3. The van der Waals surface area contributed by atoms with E-state index >= 15 is 0 Å². The molecule has 0 aliphatic carbocycles. The second kappa shape index (κ2) is 6.35. The number of morpholine rings is 1. The number of nitrogens with one attached hydrogen (secondary N) is 1. The molecule has 28 heavy (non-hydrogen) atoms. The summed E-state index contributed by atoms with van der Waals surface area (Å²) >= 11 is 0. The molecular formula is C18H23N8O2+. The van der Waals surface area contributed by atoms with Crippen LogP contribution in [-0.4, -0.2) is 57.8 Å². The van der Waals surface area contributed by atoms with Gasteiger partial charge in [-0.2, -0.15) is 4.98 Å². The van der Waals surface area contributed by atoms with Crippen LogP contribution in [0.4, 0.5) is 11.8 Å². The maximum Gasteiger partial charge on any atom is 0.308 e. The number of hydrogen-bond acceptors (Lipinski definition) is 8. The number of anilines is 2. The fraction of sp³-hybridized carbons (Fsp3) is 0.500. The minimum atomic E-state index is -0.425. The molecule has 2 aliphatic heterocycles. The Kier molecular flexibility index (Phi) is 3.91. The molecule has 0 saturated carbocycles. The molecule has 1 saturated heterocycles. The summed E-state index contributed by atoms with van der Waals surface area (Å²) in [6.07, 6.45) is 3.31. The molecule has 10 heteroatoms. The highest BCUT2D eigenvalue weighted by Crippen LogP contribution is 2.31. The molecule has 0 bridgehead atoms. The van der Waals surface area contributed by atoms with Crippen LogP contribution in [0.2, 0.25) is 0 Å². The molecule has 10 nitrogen and oxygen atoms in total. The van der Waals surface area contributed by atoms with Gasteiger partial charge >= 0.3 is 5.65 Å². The highest BCUT2D eigenvalue weighted by Gasteiger charge is 2.39. The average molecular weight is 383 g/mol. The third-order valence-electron chi connectivity index (χ3n) is 5.23. The zero-order chi connectivity index (χ0) is 19.3. The number of fused-ring (bicyclic) bond motifs is 3. The summed E-state index contributed by atoms with van der Waals surface area (Å²) in [6, 6.07) is 0. The van der Waals surface area contributed by atoms with Crippen molar-refractivity contribution < 1.29 is 14.0 Å². The smallest absolute Gasteiger partial charge is 0.308 e. The Labute approximate surface area is 161 Å². The Hall–Kier alpha value is -2.85. The molecule has 5 heterocycles. The predicted octanol–water partition coefficient (Wildman–Crippen LogP) is 0.387. The van der Waals surface area contributed by atoms with E-state index in [1.807, 2.05) is 0 Å².